The molecule has 0 radical (unpaired) electrons. The lowest BCUT2D eigenvalue weighted by molar-refractivity contribution is 0.174. The number of hydrogen-bond acceptors (Lipinski definition) is 4. The van der Waals surface area contributed by atoms with Crippen LogP contribution < -0.4 is 9.47 Å². The molecule has 5 nitrogen and oxygen atoms in total. The van der Waals surface area contributed by atoms with Crippen LogP contribution in [0.1, 0.15) is 5.56 Å². The zero-order valence-corrected chi connectivity index (χ0v) is 16.6. The maximum atomic E-state index is 6.07. The predicted octanol–water partition coefficient (Wildman–Crippen LogP) is 5.63. The van der Waals surface area contributed by atoms with Crippen molar-refractivity contribution in [2.24, 2.45) is 0 Å². The van der Waals surface area contributed by atoms with Crippen LogP contribution in [0.4, 0.5) is 0 Å². The topological polar surface area (TPSA) is 49.2 Å². The fourth-order valence-electron chi connectivity index (χ4n) is 3.96. The average Bonchev–Trinajstić information content (AvgIpc) is 3.40. The SMILES string of the molecule is Clc1ccc(-c2nnc3c4cc5c(cc4n(Cc4ccccc4)cc2-3)OCO5)cc1. The Kier molecular flexibility index (Phi) is 3.89. The second-order valence-corrected chi connectivity index (χ2v) is 7.72. The minimum Gasteiger partial charge on any atom is -0.454 e. The standard InChI is InChI=1S/C24H16ClN3O2/c25-17-8-6-16(7-9-17)23-19-13-28(12-15-4-2-1-3-5-15)20-11-22-21(29-14-30-22)10-18(20)24(19)27-26-23/h1-11,13H,12,14H2. The Bertz CT molecular complexity index is 1350. The molecular formula is C24H16ClN3O2. The van der Waals surface area contributed by atoms with Gasteiger partial charge < -0.3 is 14.0 Å². The Morgan fingerprint density at radius 1 is 0.867 bits per heavy atom. The van der Waals surface area contributed by atoms with E-state index in [1.165, 1.54) is 5.56 Å². The third kappa shape index (κ3) is 2.78. The molecule has 6 heteroatoms. The van der Waals surface area contributed by atoms with Gasteiger partial charge in [0.15, 0.2) is 11.5 Å². The van der Waals surface area contributed by atoms with Crippen molar-refractivity contribution in [2.45, 2.75) is 6.54 Å². The van der Waals surface area contributed by atoms with Gasteiger partial charge in [0.25, 0.3) is 0 Å². The molecule has 0 amide bonds. The van der Waals surface area contributed by atoms with Crippen LogP contribution in [-0.2, 0) is 6.54 Å². The van der Waals surface area contributed by atoms with Crippen molar-refractivity contribution in [3.63, 3.8) is 0 Å². The molecule has 0 saturated carbocycles. The highest BCUT2D eigenvalue weighted by molar-refractivity contribution is 6.30. The highest BCUT2D eigenvalue weighted by atomic mass is 35.5. The molecule has 0 saturated heterocycles. The number of hydrogen-bond donors (Lipinski definition) is 0. The van der Waals surface area contributed by atoms with E-state index in [-0.39, 0.29) is 6.79 Å². The monoisotopic (exact) mass is 413 g/mol. The molecule has 0 atom stereocenters. The van der Waals surface area contributed by atoms with Gasteiger partial charge >= 0.3 is 0 Å². The Balaban J connectivity index is 1.60. The van der Waals surface area contributed by atoms with Crippen LogP contribution in [0, 0.1) is 0 Å². The molecule has 0 fully saturated rings. The number of benzene rings is 3. The summed E-state index contributed by atoms with van der Waals surface area (Å²) in [6, 6.07) is 22.1. The zero-order chi connectivity index (χ0) is 20.1. The van der Waals surface area contributed by atoms with Crippen molar-refractivity contribution in [1.29, 1.82) is 0 Å². The van der Waals surface area contributed by atoms with Gasteiger partial charge in [-0.15, -0.1) is 10.2 Å². The Morgan fingerprint density at radius 2 is 1.60 bits per heavy atom. The van der Waals surface area contributed by atoms with Gasteiger partial charge in [-0.2, -0.15) is 0 Å². The van der Waals surface area contributed by atoms with Crippen molar-refractivity contribution >= 4 is 22.5 Å². The molecule has 6 rings (SSSR count). The van der Waals surface area contributed by atoms with Crippen molar-refractivity contribution in [1.82, 2.24) is 14.8 Å². The smallest absolute Gasteiger partial charge is 0.231 e. The number of ether oxygens (including phenoxy) is 2. The number of fused-ring (bicyclic) bond motifs is 4. The summed E-state index contributed by atoms with van der Waals surface area (Å²) in [5, 5.41) is 10.7. The van der Waals surface area contributed by atoms with Crippen molar-refractivity contribution in [3.05, 3.63) is 83.5 Å². The first-order valence-electron chi connectivity index (χ1n) is 9.65. The number of pyridine rings is 1. The third-order valence-corrected chi connectivity index (χ3v) is 5.67. The van der Waals surface area contributed by atoms with Gasteiger partial charge in [-0.1, -0.05) is 54.1 Å². The molecule has 0 spiro atoms. The minimum atomic E-state index is 0.232. The first-order valence-corrected chi connectivity index (χ1v) is 10.0. The van der Waals surface area contributed by atoms with E-state index in [1.807, 2.05) is 42.5 Å². The largest absolute Gasteiger partial charge is 0.454 e. The Labute approximate surface area is 177 Å². The van der Waals surface area contributed by atoms with Gasteiger partial charge in [0.05, 0.1) is 5.52 Å². The maximum absolute atomic E-state index is 6.07. The average molecular weight is 414 g/mol. The van der Waals surface area contributed by atoms with Gasteiger partial charge in [-0.3, -0.25) is 0 Å². The second kappa shape index (κ2) is 6.75. The zero-order valence-electron chi connectivity index (χ0n) is 15.9. The molecule has 146 valence electrons. The minimum absolute atomic E-state index is 0.232. The van der Waals surface area contributed by atoms with Crippen molar-refractivity contribution < 1.29 is 9.47 Å². The first-order chi connectivity index (χ1) is 14.8. The van der Waals surface area contributed by atoms with E-state index < -0.39 is 0 Å². The van der Waals surface area contributed by atoms with Crippen molar-refractivity contribution in [2.75, 3.05) is 6.79 Å². The fourth-order valence-corrected chi connectivity index (χ4v) is 4.08. The number of aromatic nitrogens is 3. The summed E-state index contributed by atoms with van der Waals surface area (Å²) < 4.78 is 13.5. The number of halogens is 1. The molecule has 3 aromatic rings. The lowest BCUT2D eigenvalue weighted by Crippen LogP contribution is -2.04. The summed E-state index contributed by atoms with van der Waals surface area (Å²) in [7, 11) is 0. The normalized spacial score (nSPS) is 12.7. The summed E-state index contributed by atoms with van der Waals surface area (Å²) in [5.41, 5.74) is 5.88. The van der Waals surface area contributed by atoms with Gasteiger partial charge in [0.1, 0.15) is 11.4 Å². The van der Waals surface area contributed by atoms with Crippen LogP contribution in [-0.4, -0.2) is 21.6 Å². The van der Waals surface area contributed by atoms with Gasteiger partial charge in [-0.05, 0) is 23.8 Å². The highest BCUT2D eigenvalue weighted by Crippen LogP contribution is 2.42. The molecular weight excluding hydrogens is 398 g/mol. The molecule has 0 bridgehead atoms. The lowest BCUT2D eigenvalue weighted by Gasteiger charge is -2.16. The van der Waals surface area contributed by atoms with Gasteiger partial charge in [-0.25, -0.2) is 0 Å². The number of nitrogens with zero attached hydrogens (tertiary/aromatic N) is 3. The van der Waals surface area contributed by atoms with E-state index in [4.69, 9.17) is 21.1 Å². The fraction of sp³-hybridized carbons (Fsp3) is 0.0833. The summed E-state index contributed by atoms with van der Waals surface area (Å²) >= 11 is 6.07. The predicted molar refractivity (Wildman–Crippen MR) is 116 cm³/mol. The van der Waals surface area contributed by atoms with Crippen LogP contribution in [0.15, 0.2) is 72.9 Å². The lowest BCUT2D eigenvalue weighted by atomic mass is 10.0. The maximum Gasteiger partial charge on any atom is 0.231 e. The summed E-state index contributed by atoms with van der Waals surface area (Å²) in [6.45, 7) is 0.953. The molecule has 0 N–H and O–H groups in total. The van der Waals surface area contributed by atoms with E-state index in [0.717, 1.165) is 51.5 Å². The first kappa shape index (κ1) is 17.3. The van der Waals surface area contributed by atoms with Crippen LogP contribution in [0.3, 0.4) is 0 Å². The molecule has 3 aliphatic rings. The summed E-state index contributed by atoms with van der Waals surface area (Å²) in [4.78, 5) is 0. The van der Waals surface area contributed by atoms with E-state index in [1.54, 1.807) is 0 Å². The summed E-state index contributed by atoms with van der Waals surface area (Å²) in [5.74, 6) is 1.48. The van der Waals surface area contributed by atoms with Crippen molar-refractivity contribution in [3.8, 4) is 34.0 Å². The molecule has 3 aliphatic heterocycles. The number of rotatable bonds is 3. The van der Waals surface area contributed by atoms with Crippen LogP contribution >= 0.6 is 11.6 Å². The third-order valence-electron chi connectivity index (χ3n) is 5.41. The van der Waals surface area contributed by atoms with Crippen LogP contribution in [0.2, 0.25) is 5.02 Å². The summed E-state index contributed by atoms with van der Waals surface area (Å²) in [6.07, 6.45) is 2.12. The second-order valence-electron chi connectivity index (χ2n) is 7.28. The van der Waals surface area contributed by atoms with E-state index in [2.05, 4.69) is 45.2 Å². The highest BCUT2D eigenvalue weighted by Gasteiger charge is 2.24. The quantitative estimate of drug-likeness (QED) is 0.384. The van der Waals surface area contributed by atoms with Gasteiger partial charge in [0, 0.05) is 40.3 Å². The molecule has 0 aromatic heterocycles. The molecule has 30 heavy (non-hydrogen) atoms. The molecule has 3 aromatic carbocycles. The Morgan fingerprint density at radius 3 is 2.40 bits per heavy atom. The Hall–Kier alpha value is -3.57. The van der Waals surface area contributed by atoms with E-state index in [0.29, 0.717) is 5.02 Å². The van der Waals surface area contributed by atoms with E-state index in [9.17, 15) is 0 Å². The molecule has 0 aliphatic carbocycles. The van der Waals surface area contributed by atoms with Gasteiger partial charge in [0.2, 0.25) is 6.79 Å². The van der Waals surface area contributed by atoms with Crippen LogP contribution in [0.5, 0.6) is 11.5 Å². The molecule has 3 heterocycles. The van der Waals surface area contributed by atoms with Crippen LogP contribution in [0.25, 0.3) is 33.4 Å². The van der Waals surface area contributed by atoms with E-state index >= 15 is 0 Å². The molecule has 0 unspecified atom stereocenters.